The molecule has 1 aliphatic rings. The third-order valence-corrected chi connectivity index (χ3v) is 7.00. The minimum atomic E-state index is -4.10. The molecule has 0 fully saturated rings. The zero-order valence-electron chi connectivity index (χ0n) is 14.7. The van der Waals surface area contributed by atoms with Crippen molar-refractivity contribution in [3.05, 3.63) is 88.4 Å². The van der Waals surface area contributed by atoms with Crippen LogP contribution >= 0.6 is 11.3 Å². The molecule has 0 bridgehead atoms. The van der Waals surface area contributed by atoms with E-state index < -0.39 is 15.8 Å². The van der Waals surface area contributed by atoms with Crippen molar-refractivity contribution in [3.63, 3.8) is 0 Å². The molecule has 3 aromatic carbocycles. The lowest BCUT2D eigenvalue weighted by Gasteiger charge is -2.20. The molecule has 6 nitrogen and oxygen atoms in total. The Labute approximate surface area is 169 Å². The van der Waals surface area contributed by atoms with Gasteiger partial charge in [0, 0.05) is 16.7 Å². The summed E-state index contributed by atoms with van der Waals surface area (Å²) in [6.45, 7) is 0. The quantitative estimate of drug-likeness (QED) is 0.478. The van der Waals surface area contributed by atoms with Gasteiger partial charge in [-0.2, -0.15) is 0 Å². The van der Waals surface area contributed by atoms with Gasteiger partial charge in [-0.1, -0.05) is 36.4 Å². The molecule has 0 spiro atoms. The van der Waals surface area contributed by atoms with Gasteiger partial charge in [0.05, 0.1) is 31.9 Å². The van der Waals surface area contributed by atoms with E-state index in [-0.39, 0.29) is 32.9 Å². The van der Waals surface area contributed by atoms with Gasteiger partial charge in [-0.15, -0.1) is 11.3 Å². The van der Waals surface area contributed by atoms with E-state index in [4.69, 9.17) is 0 Å². The van der Waals surface area contributed by atoms with Gasteiger partial charge in [-0.25, -0.2) is 13.4 Å². The highest BCUT2D eigenvalue weighted by atomic mass is 32.2. The van der Waals surface area contributed by atoms with Crippen molar-refractivity contribution >= 4 is 48.8 Å². The molecule has 0 unspecified atom stereocenters. The minimum absolute atomic E-state index is 0.0921. The number of fused-ring (bicyclic) bond motifs is 3. The predicted molar refractivity (Wildman–Crippen MR) is 110 cm³/mol. The number of nitrogens with zero attached hydrogens (tertiary/aromatic N) is 1. The van der Waals surface area contributed by atoms with Crippen LogP contribution in [-0.2, 0) is 10.0 Å². The number of anilines is 1. The van der Waals surface area contributed by atoms with Crippen molar-refractivity contribution in [3.8, 4) is 0 Å². The van der Waals surface area contributed by atoms with E-state index in [0.717, 1.165) is 10.2 Å². The number of carbonyl (C=O) groups excluding carboxylic acids is 2. The summed E-state index contributed by atoms with van der Waals surface area (Å²) in [5, 5.41) is 0. The van der Waals surface area contributed by atoms with Gasteiger partial charge in [0.15, 0.2) is 11.6 Å². The maximum atomic E-state index is 13.1. The van der Waals surface area contributed by atoms with E-state index in [0.29, 0.717) is 5.69 Å². The lowest BCUT2D eigenvalue weighted by atomic mass is 9.84. The Kier molecular flexibility index (Phi) is 3.87. The molecule has 0 aliphatic heterocycles. The van der Waals surface area contributed by atoms with Crippen LogP contribution in [0.25, 0.3) is 10.2 Å². The first-order valence-electron chi connectivity index (χ1n) is 8.63. The van der Waals surface area contributed by atoms with E-state index >= 15 is 0 Å². The average Bonchev–Trinajstić information content (AvgIpc) is 3.19. The molecule has 4 aromatic rings. The molecule has 1 heterocycles. The summed E-state index contributed by atoms with van der Waals surface area (Å²) >= 11 is 1.39. The highest BCUT2D eigenvalue weighted by Gasteiger charge is 2.34. The lowest BCUT2D eigenvalue weighted by Crippen LogP contribution is -2.25. The Morgan fingerprint density at radius 2 is 1.55 bits per heavy atom. The molecule has 5 rings (SSSR count). The highest BCUT2D eigenvalue weighted by Crippen LogP contribution is 2.32. The molecular weight excluding hydrogens is 408 g/mol. The van der Waals surface area contributed by atoms with E-state index in [1.807, 2.05) is 0 Å². The van der Waals surface area contributed by atoms with Crippen LogP contribution in [0.1, 0.15) is 31.8 Å². The Bertz CT molecular complexity index is 1440. The fraction of sp³-hybridized carbons (Fsp3) is 0. The molecule has 0 saturated carbocycles. The Hall–Kier alpha value is -3.36. The zero-order valence-corrected chi connectivity index (χ0v) is 16.4. The molecule has 0 amide bonds. The SMILES string of the molecule is O=C1c2ccccc2C(=O)c2c1cccc2S(=O)(=O)Nc1ccc2ncsc2c1. The molecule has 29 heavy (non-hydrogen) atoms. The zero-order chi connectivity index (χ0) is 20.2. The maximum Gasteiger partial charge on any atom is 0.262 e. The molecule has 142 valence electrons. The van der Waals surface area contributed by atoms with Crippen LogP contribution in [0, 0.1) is 0 Å². The monoisotopic (exact) mass is 420 g/mol. The Morgan fingerprint density at radius 1 is 0.828 bits per heavy atom. The van der Waals surface area contributed by atoms with E-state index in [1.54, 1.807) is 41.9 Å². The van der Waals surface area contributed by atoms with Gasteiger partial charge in [-0.05, 0) is 24.3 Å². The molecule has 0 saturated heterocycles. The smallest absolute Gasteiger partial charge is 0.262 e. The topological polar surface area (TPSA) is 93.2 Å². The van der Waals surface area contributed by atoms with Crippen molar-refractivity contribution in [1.29, 1.82) is 0 Å². The van der Waals surface area contributed by atoms with Crippen molar-refractivity contribution in [1.82, 2.24) is 4.98 Å². The lowest BCUT2D eigenvalue weighted by molar-refractivity contribution is 0.0976. The Balaban J connectivity index is 1.63. The summed E-state index contributed by atoms with van der Waals surface area (Å²) in [4.78, 5) is 29.9. The number of benzene rings is 3. The van der Waals surface area contributed by atoms with Crippen molar-refractivity contribution in [2.45, 2.75) is 4.90 Å². The summed E-state index contributed by atoms with van der Waals surface area (Å²) in [5.74, 6) is -0.840. The van der Waals surface area contributed by atoms with E-state index in [9.17, 15) is 18.0 Å². The number of hydrogen-bond donors (Lipinski definition) is 1. The molecule has 0 radical (unpaired) electrons. The number of sulfonamides is 1. The van der Waals surface area contributed by atoms with Crippen molar-refractivity contribution in [2.75, 3.05) is 4.72 Å². The van der Waals surface area contributed by atoms with Crippen LogP contribution in [0.2, 0.25) is 0 Å². The second kappa shape index (κ2) is 6.33. The second-order valence-corrected chi connectivity index (χ2v) is 9.06. The van der Waals surface area contributed by atoms with Gasteiger partial charge >= 0.3 is 0 Å². The number of rotatable bonds is 3. The van der Waals surface area contributed by atoms with Gasteiger partial charge in [0.25, 0.3) is 10.0 Å². The summed E-state index contributed by atoms with van der Waals surface area (Å²) in [5.41, 5.74) is 3.29. The van der Waals surface area contributed by atoms with Crippen LogP contribution in [0.3, 0.4) is 0 Å². The Morgan fingerprint density at radius 3 is 2.34 bits per heavy atom. The molecule has 8 heteroatoms. The van der Waals surface area contributed by atoms with E-state index in [1.165, 1.54) is 35.6 Å². The number of thiazole rings is 1. The number of hydrogen-bond acceptors (Lipinski definition) is 6. The molecule has 0 atom stereocenters. The fourth-order valence-electron chi connectivity index (χ4n) is 3.47. The standard InChI is InChI=1S/C21H12N2O4S2/c24-20-13-4-1-2-5-14(13)21(25)19-15(20)6-3-7-18(19)29(26,27)23-12-8-9-16-17(10-12)28-11-22-16/h1-11,23H. The third-order valence-electron chi connectivity index (χ3n) is 4.79. The first kappa shape index (κ1) is 17.7. The highest BCUT2D eigenvalue weighted by molar-refractivity contribution is 7.92. The van der Waals surface area contributed by atoms with Crippen molar-refractivity contribution < 1.29 is 18.0 Å². The van der Waals surface area contributed by atoms with Gasteiger partial charge in [-0.3, -0.25) is 14.3 Å². The largest absolute Gasteiger partial charge is 0.289 e. The van der Waals surface area contributed by atoms with Crippen LogP contribution in [0.15, 0.2) is 71.1 Å². The molecule has 1 aromatic heterocycles. The maximum absolute atomic E-state index is 13.1. The van der Waals surface area contributed by atoms with Gasteiger partial charge in [0.2, 0.25) is 0 Å². The number of carbonyl (C=O) groups is 2. The molecule has 1 aliphatic carbocycles. The van der Waals surface area contributed by atoms with Crippen LogP contribution in [-0.4, -0.2) is 25.0 Å². The van der Waals surface area contributed by atoms with Crippen LogP contribution in [0.5, 0.6) is 0 Å². The third kappa shape index (κ3) is 2.76. The second-order valence-electron chi connectivity index (χ2n) is 6.52. The fourth-order valence-corrected chi connectivity index (χ4v) is 5.46. The summed E-state index contributed by atoms with van der Waals surface area (Å²) in [7, 11) is -4.10. The number of ketones is 2. The molecular formula is C21H12N2O4S2. The first-order chi connectivity index (χ1) is 14.0. The predicted octanol–water partition coefficient (Wildman–Crippen LogP) is 3.87. The minimum Gasteiger partial charge on any atom is -0.289 e. The van der Waals surface area contributed by atoms with Gasteiger partial charge in [0.1, 0.15) is 0 Å². The summed E-state index contributed by atoms with van der Waals surface area (Å²) in [6, 6.07) is 15.7. The average molecular weight is 420 g/mol. The van der Waals surface area contributed by atoms with Gasteiger partial charge < -0.3 is 0 Å². The number of aromatic nitrogens is 1. The van der Waals surface area contributed by atoms with E-state index in [2.05, 4.69) is 9.71 Å². The van der Waals surface area contributed by atoms with Crippen molar-refractivity contribution in [2.24, 2.45) is 0 Å². The normalized spacial score (nSPS) is 13.2. The summed E-state index contributed by atoms with van der Waals surface area (Å²) in [6.07, 6.45) is 0. The van der Waals surface area contributed by atoms with Crippen LogP contribution in [0.4, 0.5) is 5.69 Å². The first-order valence-corrected chi connectivity index (χ1v) is 11.0. The van der Waals surface area contributed by atoms with Crippen LogP contribution < -0.4 is 4.72 Å². The number of nitrogens with one attached hydrogen (secondary N) is 1. The summed E-state index contributed by atoms with van der Waals surface area (Å²) < 4.78 is 29.6. The molecule has 1 N–H and O–H groups in total.